The second-order valence-corrected chi connectivity index (χ2v) is 4.69. The lowest BCUT2D eigenvalue weighted by Gasteiger charge is -2.01. The van der Waals surface area contributed by atoms with E-state index in [0.29, 0.717) is 11.7 Å². The van der Waals surface area contributed by atoms with E-state index in [4.69, 9.17) is 4.52 Å². The van der Waals surface area contributed by atoms with E-state index in [1.165, 1.54) is 0 Å². The summed E-state index contributed by atoms with van der Waals surface area (Å²) < 4.78 is 5.12. The maximum atomic E-state index is 12.0. The third kappa shape index (κ3) is 2.55. The average Bonchev–Trinajstić information content (AvgIpc) is 3.19. The van der Waals surface area contributed by atoms with Gasteiger partial charge in [0, 0.05) is 11.8 Å². The van der Waals surface area contributed by atoms with Crippen LogP contribution >= 0.6 is 0 Å². The van der Waals surface area contributed by atoms with E-state index in [2.05, 4.69) is 31.0 Å². The third-order valence-electron chi connectivity index (χ3n) is 3.26. The number of aromatic nitrogens is 4. The van der Waals surface area contributed by atoms with Gasteiger partial charge in [0.15, 0.2) is 5.82 Å². The lowest BCUT2D eigenvalue weighted by Crippen LogP contribution is -2.16. The van der Waals surface area contributed by atoms with E-state index < -0.39 is 5.91 Å². The van der Waals surface area contributed by atoms with Gasteiger partial charge in [-0.2, -0.15) is 10.1 Å². The Labute approximate surface area is 115 Å². The summed E-state index contributed by atoms with van der Waals surface area (Å²) in [5.41, 5.74) is 0.948. The number of H-pyrrole nitrogens is 1. The molecule has 8 nitrogen and oxygen atoms in total. The van der Waals surface area contributed by atoms with Crippen molar-refractivity contribution >= 4 is 11.7 Å². The van der Waals surface area contributed by atoms with E-state index >= 15 is 0 Å². The molecule has 1 fully saturated rings. The van der Waals surface area contributed by atoms with Crippen LogP contribution in [-0.4, -0.2) is 32.8 Å². The number of aryl methyl sites for hydroxylation is 1. The van der Waals surface area contributed by atoms with Gasteiger partial charge in [0.25, 0.3) is 11.7 Å². The molecular formula is C12H16N6O2. The number of amides is 1. The molecule has 2 aromatic heterocycles. The highest BCUT2D eigenvalue weighted by Gasteiger charge is 2.24. The summed E-state index contributed by atoms with van der Waals surface area (Å²) in [5.74, 6) is 0.517. The molecule has 8 heteroatoms. The standard InChI is InChI=1S/C12H16N6O2/c1-2-7-6-9(17-16-7)14-11(19)10-15-12(20-18-10)8-4-3-5-13-8/h6,8,13H,2-5H2,1H3,(H2,14,16,17,19). The van der Waals surface area contributed by atoms with Gasteiger partial charge in [0.1, 0.15) is 0 Å². The monoisotopic (exact) mass is 276 g/mol. The van der Waals surface area contributed by atoms with Crippen molar-refractivity contribution in [2.45, 2.75) is 32.2 Å². The summed E-state index contributed by atoms with van der Waals surface area (Å²) in [6.07, 6.45) is 2.84. The zero-order chi connectivity index (χ0) is 13.9. The van der Waals surface area contributed by atoms with E-state index in [0.717, 1.165) is 31.5 Å². The minimum absolute atomic E-state index is 0.0229. The van der Waals surface area contributed by atoms with E-state index in [1.807, 2.05) is 6.92 Å². The van der Waals surface area contributed by atoms with Gasteiger partial charge in [-0.1, -0.05) is 12.1 Å². The molecule has 0 saturated carbocycles. The van der Waals surface area contributed by atoms with Crippen molar-refractivity contribution in [3.05, 3.63) is 23.5 Å². The molecule has 106 valence electrons. The Morgan fingerprint density at radius 3 is 3.20 bits per heavy atom. The van der Waals surface area contributed by atoms with Gasteiger partial charge < -0.3 is 15.2 Å². The topological polar surface area (TPSA) is 109 Å². The summed E-state index contributed by atoms with van der Waals surface area (Å²) in [6, 6.07) is 1.83. The van der Waals surface area contributed by atoms with Crippen LogP contribution in [0.2, 0.25) is 0 Å². The van der Waals surface area contributed by atoms with Gasteiger partial charge in [-0.3, -0.25) is 9.89 Å². The highest BCUT2D eigenvalue weighted by Crippen LogP contribution is 2.21. The van der Waals surface area contributed by atoms with E-state index in [9.17, 15) is 4.79 Å². The lowest BCUT2D eigenvalue weighted by atomic mass is 10.2. The van der Waals surface area contributed by atoms with Crippen LogP contribution < -0.4 is 10.6 Å². The molecule has 3 rings (SSSR count). The maximum absolute atomic E-state index is 12.0. The first-order chi connectivity index (χ1) is 9.76. The number of hydrogen-bond donors (Lipinski definition) is 3. The molecule has 20 heavy (non-hydrogen) atoms. The first kappa shape index (κ1) is 12.8. The molecule has 3 heterocycles. The molecule has 1 amide bonds. The Morgan fingerprint density at radius 2 is 2.50 bits per heavy atom. The number of aromatic amines is 1. The zero-order valence-corrected chi connectivity index (χ0v) is 11.1. The van der Waals surface area contributed by atoms with Crippen molar-refractivity contribution < 1.29 is 9.32 Å². The number of anilines is 1. The van der Waals surface area contributed by atoms with Crippen LogP contribution in [-0.2, 0) is 6.42 Å². The van der Waals surface area contributed by atoms with Gasteiger partial charge in [-0.25, -0.2) is 0 Å². The Balaban J connectivity index is 1.67. The molecule has 0 aliphatic carbocycles. The number of rotatable bonds is 4. The van der Waals surface area contributed by atoms with Crippen LogP contribution in [0.1, 0.15) is 48.0 Å². The first-order valence-corrected chi connectivity index (χ1v) is 6.69. The van der Waals surface area contributed by atoms with Crippen LogP contribution in [0.15, 0.2) is 10.6 Å². The van der Waals surface area contributed by atoms with Crippen LogP contribution in [0.5, 0.6) is 0 Å². The quantitative estimate of drug-likeness (QED) is 0.769. The predicted molar refractivity (Wildman–Crippen MR) is 70.2 cm³/mol. The van der Waals surface area contributed by atoms with E-state index in [-0.39, 0.29) is 11.9 Å². The lowest BCUT2D eigenvalue weighted by molar-refractivity contribution is 0.101. The molecule has 1 aliphatic heterocycles. The summed E-state index contributed by atoms with van der Waals surface area (Å²) in [5, 5.41) is 16.4. The second-order valence-electron chi connectivity index (χ2n) is 4.69. The zero-order valence-electron chi connectivity index (χ0n) is 11.1. The Bertz CT molecular complexity index is 599. The smallest absolute Gasteiger partial charge is 0.298 e. The van der Waals surface area contributed by atoms with Crippen LogP contribution in [0.25, 0.3) is 0 Å². The van der Waals surface area contributed by atoms with Crippen molar-refractivity contribution in [3.63, 3.8) is 0 Å². The van der Waals surface area contributed by atoms with Crippen molar-refractivity contribution in [1.82, 2.24) is 25.7 Å². The fourth-order valence-corrected chi connectivity index (χ4v) is 2.14. The second kappa shape index (κ2) is 5.41. The van der Waals surface area contributed by atoms with Gasteiger partial charge in [-0.15, -0.1) is 0 Å². The van der Waals surface area contributed by atoms with Crippen molar-refractivity contribution in [2.75, 3.05) is 11.9 Å². The van der Waals surface area contributed by atoms with Gasteiger partial charge in [0.2, 0.25) is 5.89 Å². The minimum atomic E-state index is -0.424. The maximum Gasteiger partial charge on any atom is 0.298 e. The Kier molecular flexibility index (Phi) is 3.46. The molecule has 0 aromatic carbocycles. The summed E-state index contributed by atoms with van der Waals surface area (Å²) >= 11 is 0. The number of carbonyl (C=O) groups excluding carboxylic acids is 1. The van der Waals surface area contributed by atoms with Crippen molar-refractivity contribution in [2.24, 2.45) is 0 Å². The minimum Gasteiger partial charge on any atom is -0.337 e. The number of hydrogen-bond acceptors (Lipinski definition) is 6. The molecule has 0 radical (unpaired) electrons. The van der Waals surface area contributed by atoms with Crippen molar-refractivity contribution in [1.29, 1.82) is 0 Å². The number of carbonyl (C=O) groups is 1. The van der Waals surface area contributed by atoms with Gasteiger partial charge in [-0.05, 0) is 25.8 Å². The summed E-state index contributed by atoms with van der Waals surface area (Å²) in [6.45, 7) is 2.93. The Hall–Kier alpha value is -2.22. The molecule has 2 aromatic rings. The summed E-state index contributed by atoms with van der Waals surface area (Å²) in [7, 11) is 0. The van der Waals surface area contributed by atoms with Crippen molar-refractivity contribution in [3.8, 4) is 0 Å². The predicted octanol–water partition coefficient (Wildman–Crippen LogP) is 1.03. The number of nitrogens with one attached hydrogen (secondary N) is 3. The first-order valence-electron chi connectivity index (χ1n) is 6.69. The molecular weight excluding hydrogens is 260 g/mol. The largest absolute Gasteiger partial charge is 0.337 e. The summed E-state index contributed by atoms with van der Waals surface area (Å²) in [4.78, 5) is 16.1. The molecule has 1 unspecified atom stereocenters. The fraction of sp³-hybridized carbons (Fsp3) is 0.500. The van der Waals surface area contributed by atoms with Crippen LogP contribution in [0.4, 0.5) is 5.82 Å². The highest BCUT2D eigenvalue weighted by atomic mass is 16.5. The van der Waals surface area contributed by atoms with Crippen LogP contribution in [0.3, 0.4) is 0 Å². The average molecular weight is 276 g/mol. The SMILES string of the molecule is CCc1cc(NC(=O)c2noc(C3CCCN3)n2)n[nH]1. The number of nitrogens with zero attached hydrogens (tertiary/aromatic N) is 3. The van der Waals surface area contributed by atoms with E-state index in [1.54, 1.807) is 6.07 Å². The van der Waals surface area contributed by atoms with Crippen LogP contribution in [0, 0.1) is 0 Å². The normalized spacial score (nSPS) is 18.4. The fourth-order valence-electron chi connectivity index (χ4n) is 2.14. The molecule has 1 atom stereocenters. The molecule has 1 aliphatic rings. The molecule has 0 spiro atoms. The highest BCUT2D eigenvalue weighted by molar-refractivity contribution is 6.00. The molecule has 3 N–H and O–H groups in total. The Morgan fingerprint density at radius 1 is 1.60 bits per heavy atom. The van der Waals surface area contributed by atoms with Gasteiger partial charge >= 0.3 is 0 Å². The van der Waals surface area contributed by atoms with Gasteiger partial charge in [0.05, 0.1) is 6.04 Å². The third-order valence-corrected chi connectivity index (χ3v) is 3.26. The molecule has 1 saturated heterocycles. The molecule has 0 bridgehead atoms.